The standard InChI is InChI=1S/C24H28N4O/c1-18-23(19(2)26(3)25-18)17-27-13-15-28(16-14-27)24(29)22-11-9-21(10-12-22)20-7-5-4-6-8-20/h4-12H,13-17H2,1-3H3. The van der Waals surface area contributed by atoms with E-state index < -0.39 is 0 Å². The van der Waals surface area contributed by atoms with Crippen LogP contribution < -0.4 is 0 Å². The average molecular weight is 389 g/mol. The molecule has 0 saturated carbocycles. The Morgan fingerprint density at radius 2 is 1.52 bits per heavy atom. The summed E-state index contributed by atoms with van der Waals surface area (Å²) < 4.78 is 1.95. The van der Waals surface area contributed by atoms with Gasteiger partial charge in [0.05, 0.1) is 5.69 Å². The molecule has 150 valence electrons. The molecule has 1 saturated heterocycles. The third-order valence-electron chi connectivity index (χ3n) is 5.94. The maximum atomic E-state index is 12.9. The number of aryl methyl sites for hydroxylation is 2. The minimum atomic E-state index is 0.123. The van der Waals surface area contributed by atoms with Crippen LogP contribution in [-0.4, -0.2) is 51.7 Å². The molecule has 1 aliphatic heterocycles. The van der Waals surface area contributed by atoms with Crippen LogP contribution in [0, 0.1) is 13.8 Å². The molecule has 4 rings (SSSR count). The van der Waals surface area contributed by atoms with Gasteiger partial charge in [0.15, 0.2) is 0 Å². The second-order valence-corrected chi connectivity index (χ2v) is 7.78. The fourth-order valence-electron chi connectivity index (χ4n) is 4.00. The minimum Gasteiger partial charge on any atom is -0.336 e. The van der Waals surface area contributed by atoms with Gasteiger partial charge in [-0.1, -0.05) is 42.5 Å². The van der Waals surface area contributed by atoms with Gasteiger partial charge < -0.3 is 4.90 Å². The van der Waals surface area contributed by atoms with E-state index in [1.54, 1.807) is 0 Å². The van der Waals surface area contributed by atoms with Crippen LogP contribution in [0.4, 0.5) is 0 Å². The van der Waals surface area contributed by atoms with Crippen molar-refractivity contribution >= 4 is 5.91 Å². The lowest BCUT2D eigenvalue weighted by molar-refractivity contribution is 0.0628. The van der Waals surface area contributed by atoms with Gasteiger partial charge >= 0.3 is 0 Å². The average Bonchev–Trinajstić information content (AvgIpc) is 3.00. The summed E-state index contributed by atoms with van der Waals surface area (Å²) in [5.74, 6) is 0.123. The summed E-state index contributed by atoms with van der Waals surface area (Å²) in [6, 6.07) is 18.2. The van der Waals surface area contributed by atoms with Gasteiger partial charge in [0.1, 0.15) is 0 Å². The molecule has 0 N–H and O–H groups in total. The van der Waals surface area contributed by atoms with Crippen LogP contribution in [-0.2, 0) is 13.6 Å². The van der Waals surface area contributed by atoms with Crippen LogP contribution in [0.3, 0.4) is 0 Å². The van der Waals surface area contributed by atoms with E-state index in [0.29, 0.717) is 0 Å². The van der Waals surface area contributed by atoms with E-state index in [-0.39, 0.29) is 5.91 Å². The van der Waals surface area contributed by atoms with E-state index in [1.807, 2.05) is 59.1 Å². The zero-order chi connectivity index (χ0) is 20.4. The quantitative estimate of drug-likeness (QED) is 0.685. The van der Waals surface area contributed by atoms with Crippen molar-refractivity contribution in [3.05, 3.63) is 77.1 Å². The van der Waals surface area contributed by atoms with Crippen LogP contribution in [0.1, 0.15) is 27.3 Å². The summed E-state index contributed by atoms with van der Waals surface area (Å²) in [5.41, 5.74) is 6.69. The number of rotatable bonds is 4. The molecule has 3 aromatic rings. The first-order valence-corrected chi connectivity index (χ1v) is 10.2. The van der Waals surface area contributed by atoms with Crippen molar-refractivity contribution in [1.82, 2.24) is 19.6 Å². The van der Waals surface area contributed by atoms with E-state index in [0.717, 1.165) is 49.5 Å². The predicted molar refractivity (Wildman–Crippen MR) is 116 cm³/mol. The smallest absolute Gasteiger partial charge is 0.253 e. The van der Waals surface area contributed by atoms with Crippen molar-refractivity contribution in [1.29, 1.82) is 0 Å². The second kappa shape index (κ2) is 8.21. The van der Waals surface area contributed by atoms with Crippen LogP contribution in [0.15, 0.2) is 54.6 Å². The SMILES string of the molecule is Cc1nn(C)c(C)c1CN1CCN(C(=O)c2ccc(-c3ccccc3)cc2)CC1. The van der Waals surface area contributed by atoms with E-state index >= 15 is 0 Å². The van der Waals surface area contributed by atoms with Crippen molar-refractivity contribution in [3.63, 3.8) is 0 Å². The van der Waals surface area contributed by atoms with Gasteiger partial charge in [-0.3, -0.25) is 14.4 Å². The van der Waals surface area contributed by atoms with Gasteiger partial charge in [0.2, 0.25) is 0 Å². The Morgan fingerprint density at radius 1 is 0.897 bits per heavy atom. The van der Waals surface area contributed by atoms with E-state index in [2.05, 4.69) is 36.0 Å². The molecule has 0 aliphatic carbocycles. The Kier molecular flexibility index (Phi) is 5.49. The Morgan fingerprint density at radius 3 is 2.10 bits per heavy atom. The van der Waals surface area contributed by atoms with Gasteiger partial charge in [-0.05, 0) is 37.1 Å². The first kappa shape index (κ1) is 19.4. The topological polar surface area (TPSA) is 41.4 Å². The van der Waals surface area contributed by atoms with Gasteiger partial charge in [0, 0.05) is 56.6 Å². The van der Waals surface area contributed by atoms with Crippen LogP contribution in [0.2, 0.25) is 0 Å². The maximum Gasteiger partial charge on any atom is 0.253 e. The molecule has 1 aliphatic rings. The molecule has 5 heteroatoms. The molecule has 5 nitrogen and oxygen atoms in total. The number of hydrogen-bond acceptors (Lipinski definition) is 3. The predicted octanol–water partition coefficient (Wildman–Crippen LogP) is 3.66. The molecule has 1 fully saturated rings. The normalized spacial score (nSPS) is 14.9. The zero-order valence-electron chi connectivity index (χ0n) is 17.4. The highest BCUT2D eigenvalue weighted by atomic mass is 16.2. The van der Waals surface area contributed by atoms with Crippen LogP contribution in [0.5, 0.6) is 0 Å². The first-order chi connectivity index (χ1) is 14.0. The number of carbonyl (C=O) groups excluding carboxylic acids is 1. The van der Waals surface area contributed by atoms with Crippen molar-refractivity contribution in [3.8, 4) is 11.1 Å². The summed E-state index contributed by atoms with van der Waals surface area (Å²) >= 11 is 0. The Hall–Kier alpha value is -2.92. The third kappa shape index (κ3) is 4.10. The van der Waals surface area contributed by atoms with Crippen molar-refractivity contribution in [2.75, 3.05) is 26.2 Å². The fourth-order valence-corrected chi connectivity index (χ4v) is 4.00. The molecule has 0 atom stereocenters. The third-order valence-corrected chi connectivity index (χ3v) is 5.94. The highest BCUT2D eigenvalue weighted by Crippen LogP contribution is 2.21. The summed E-state index contributed by atoms with van der Waals surface area (Å²) in [6.45, 7) is 8.40. The molecule has 1 amide bonds. The first-order valence-electron chi connectivity index (χ1n) is 10.2. The van der Waals surface area contributed by atoms with Crippen LogP contribution >= 0.6 is 0 Å². The number of aromatic nitrogens is 2. The maximum absolute atomic E-state index is 12.9. The molecule has 2 heterocycles. The second-order valence-electron chi connectivity index (χ2n) is 7.78. The summed E-state index contributed by atoms with van der Waals surface area (Å²) in [5, 5.41) is 4.51. The Balaban J connectivity index is 1.36. The lowest BCUT2D eigenvalue weighted by Crippen LogP contribution is -2.48. The number of nitrogens with zero attached hydrogens (tertiary/aromatic N) is 4. The molecule has 0 unspecified atom stereocenters. The largest absolute Gasteiger partial charge is 0.336 e. The van der Waals surface area contributed by atoms with Gasteiger partial charge in [0.25, 0.3) is 5.91 Å². The molecular formula is C24H28N4O. The highest BCUT2D eigenvalue weighted by Gasteiger charge is 2.23. The number of piperazine rings is 1. The lowest BCUT2D eigenvalue weighted by Gasteiger charge is -2.34. The number of hydrogen-bond donors (Lipinski definition) is 0. The summed E-state index contributed by atoms with van der Waals surface area (Å²) in [6.07, 6.45) is 0. The summed E-state index contributed by atoms with van der Waals surface area (Å²) in [7, 11) is 1.99. The van der Waals surface area contributed by atoms with E-state index in [1.165, 1.54) is 16.8 Å². The van der Waals surface area contributed by atoms with Crippen molar-refractivity contribution in [2.45, 2.75) is 20.4 Å². The lowest BCUT2D eigenvalue weighted by atomic mass is 10.0. The molecule has 0 spiro atoms. The van der Waals surface area contributed by atoms with Gasteiger partial charge in [-0.2, -0.15) is 5.10 Å². The van der Waals surface area contributed by atoms with E-state index in [9.17, 15) is 4.79 Å². The van der Waals surface area contributed by atoms with Crippen LogP contribution in [0.25, 0.3) is 11.1 Å². The molecular weight excluding hydrogens is 360 g/mol. The molecule has 29 heavy (non-hydrogen) atoms. The number of amides is 1. The zero-order valence-corrected chi connectivity index (χ0v) is 17.4. The van der Waals surface area contributed by atoms with Gasteiger partial charge in [-0.15, -0.1) is 0 Å². The molecule has 0 radical (unpaired) electrons. The Bertz CT molecular complexity index is 984. The minimum absolute atomic E-state index is 0.123. The molecule has 1 aromatic heterocycles. The Labute approximate surface area is 172 Å². The fraction of sp³-hybridized carbons (Fsp3) is 0.333. The summed E-state index contributed by atoms with van der Waals surface area (Å²) in [4.78, 5) is 17.3. The van der Waals surface area contributed by atoms with Crippen molar-refractivity contribution in [2.24, 2.45) is 7.05 Å². The monoisotopic (exact) mass is 388 g/mol. The van der Waals surface area contributed by atoms with E-state index in [4.69, 9.17) is 0 Å². The van der Waals surface area contributed by atoms with Gasteiger partial charge in [-0.25, -0.2) is 0 Å². The number of carbonyl (C=O) groups is 1. The number of benzene rings is 2. The van der Waals surface area contributed by atoms with Crippen molar-refractivity contribution < 1.29 is 4.79 Å². The highest BCUT2D eigenvalue weighted by molar-refractivity contribution is 5.94. The molecule has 0 bridgehead atoms. The molecule has 2 aromatic carbocycles.